The smallest absolute Gasteiger partial charge is 0.126 e. The third-order valence-corrected chi connectivity index (χ3v) is 6.49. The summed E-state index contributed by atoms with van der Waals surface area (Å²) in [6.45, 7) is 8.62. The summed E-state index contributed by atoms with van der Waals surface area (Å²) < 4.78 is 13.1. The molecule has 2 fully saturated rings. The van der Waals surface area contributed by atoms with Gasteiger partial charge in [-0.25, -0.2) is 0 Å². The first-order valence-corrected chi connectivity index (χ1v) is 11.5. The van der Waals surface area contributed by atoms with E-state index < -0.39 is 0 Å². The highest BCUT2D eigenvalue weighted by atomic mass is 16.5. The summed E-state index contributed by atoms with van der Waals surface area (Å²) in [4.78, 5) is 2.38. The third-order valence-electron chi connectivity index (χ3n) is 6.49. The van der Waals surface area contributed by atoms with Crippen molar-refractivity contribution in [1.82, 2.24) is 10.2 Å². The second-order valence-corrected chi connectivity index (χ2v) is 8.99. The molecule has 0 spiro atoms. The van der Waals surface area contributed by atoms with Crippen LogP contribution in [-0.4, -0.2) is 50.3 Å². The van der Waals surface area contributed by atoms with Crippen molar-refractivity contribution in [1.29, 1.82) is 0 Å². The second-order valence-electron chi connectivity index (χ2n) is 8.99. The SMILES string of the molecule is Cc1cccc(Cc2cccc(C)c2OC2CCN(C)CC2)c1OC1CCNCC1. The van der Waals surface area contributed by atoms with Gasteiger partial charge in [0.05, 0.1) is 0 Å². The summed E-state index contributed by atoms with van der Waals surface area (Å²) in [7, 11) is 2.19. The van der Waals surface area contributed by atoms with E-state index >= 15 is 0 Å². The van der Waals surface area contributed by atoms with Crippen LogP contribution in [0.4, 0.5) is 0 Å². The molecule has 0 unspecified atom stereocenters. The fourth-order valence-electron chi connectivity index (χ4n) is 4.60. The van der Waals surface area contributed by atoms with Crippen molar-refractivity contribution in [2.24, 2.45) is 0 Å². The van der Waals surface area contributed by atoms with Crippen molar-refractivity contribution < 1.29 is 9.47 Å². The summed E-state index contributed by atoms with van der Waals surface area (Å²) in [5.41, 5.74) is 4.96. The fourth-order valence-corrected chi connectivity index (χ4v) is 4.60. The Morgan fingerprint density at radius 1 is 0.800 bits per heavy atom. The molecule has 4 heteroatoms. The fraction of sp³-hybridized carbons (Fsp3) is 0.538. The van der Waals surface area contributed by atoms with Crippen LogP contribution in [0.3, 0.4) is 0 Å². The first-order chi connectivity index (χ1) is 14.6. The number of piperidine rings is 2. The number of nitrogens with one attached hydrogen (secondary N) is 1. The van der Waals surface area contributed by atoms with Gasteiger partial charge in [0.25, 0.3) is 0 Å². The van der Waals surface area contributed by atoms with Gasteiger partial charge in [-0.3, -0.25) is 0 Å². The first-order valence-electron chi connectivity index (χ1n) is 11.5. The molecule has 0 radical (unpaired) electrons. The second kappa shape index (κ2) is 9.84. The van der Waals surface area contributed by atoms with Crippen molar-refractivity contribution in [2.75, 3.05) is 33.2 Å². The van der Waals surface area contributed by atoms with Crippen LogP contribution < -0.4 is 14.8 Å². The molecule has 30 heavy (non-hydrogen) atoms. The van der Waals surface area contributed by atoms with E-state index in [4.69, 9.17) is 9.47 Å². The van der Waals surface area contributed by atoms with Gasteiger partial charge in [-0.1, -0.05) is 36.4 Å². The van der Waals surface area contributed by atoms with E-state index in [9.17, 15) is 0 Å². The van der Waals surface area contributed by atoms with Gasteiger partial charge >= 0.3 is 0 Å². The molecule has 0 amide bonds. The molecule has 0 bridgehead atoms. The monoisotopic (exact) mass is 408 g/mol. The van der Waals surface area contributed by atoms with Crippen LogP contribution in [0.1, 0.15) is 47.9 Å². The molecule has 0 atom stereocenters. The summed E-state index contributed by atoms with van der Waals surface area (Å²) >= 11 is 0. The van der Waals surface area contributed by atoms with E-state index in [1.165, 1.54) is 22.3 Å². The van der Waals surface area contributed by atoms with Crippen LogP contribution in [0.15, 0.2) is 36.4 Å². The van der Waals surface area contributed by atoms with E-state index in [0.717, 1.165) is 69.8 Å². The lowest BCUT2D eigenvalue weighted by molar-refractivity contribution is 0.113. The Bertz CT molecular complexity index is 837. The van der Waals surface area contributed by atoms with Crippen LogP contribution in [0.25, 0.3) is 0 Å². The van der Waals surface area contributed by atoms with Crippen molar-refractivity contribution in [3.05, 3.63) is 58.7 Å². The first kappa shape index (κ1) is 21.2. The number of rotatable bonds is 6. The zero-order valence-corrected chi connectivity index (χ0v) is 18.7. The normalized spacial score (nSPS) is 19.0. The number of para-hydroxylation sites is 2. The van der Waals surface area contributed by atoms with Crippen LogP contribution in [0.5, 0.6) is 11.5 Å². The average molecular weight is 409 g/mol. The molecule has 1 N–H and O–H groups in total. The Balaban J connectivity index is 1.55. The topological polar surface area (TPSA) is 33.7 Å². The number of ether oxygens (including phenoxy) is 2. The van der Waals surface area contributed by atoms with Gasteiger partial charge in [0, 0.05) is 19.5 Å². The number of aryl methyl sites for hydroxylation is 2. The summed E-state index contributed by atoms with van der Waals surface area (Å²) in [6, 6.07) is 13.0. The molecule has 162 valence electrons. The number of likely N-dealkylation sites (tertiary alicyclic amines) is 1. The van der Waals surface area contributed by atoms with E-state index in [1.54, 1.807) is 0 Å². The molecule has 2 heterocycles. The maximum Gasteiger partial charge on any atom is 0.126 e. The zero-order valence-electron chi connectivity index (χ0n) is 18.7. The van der Waals surface area contributed by atoms with Gasteiger partial charge in [-0.15, -0.1) is 0 Å². The Hall–Kier alpha value is -2.04. The Morgan fingerprint density at radius 2 is 1.30 bits per heavy atom. The summed E-state index contributed by atoms with van der Waals surface area (Å²) in [6.07, 6.45) is 5.79. The number of nitrogens with zero attached hydrogens (tertiary/aromatic N) is 1. The van der Waals surface area contributed by atoms with E-state index in [-0.39, 0.29) is 0 Å². The van der Waals surface area contributed by atoms with Crippen LogP contribution in [0.2, 0.25) is 0 Å². The van der Waals surface area contributed by atoms with Crippen LogP contribution in [0, 0.1) is 13.8 Å². The van der Waals surface area contributed by atoms with E-state index in [1.807, 2.05) is 0 Å². The van der Waals surface area contributed by atoms with E-state index in [2.05, 4.69) is 67.5 Å². The van der Waals surface area contributed by atoms with Gasteiger partial charge < -0.3 is 19.7 Å². The maximum atomic E-state index is 6.58. The van der Waals surface area contributed by atoms with Gasteiger partial charge in [-0.05, 0) is 81.9 Å². The molecular formula is C26H36N2O2. The van der Waals surface area contributed by atoms with Crippen molar-refractivity contribution in [3.8, 4) is 11.5 Å². The molecule has 4 rings (SSSR count). The van der Waals surface area contributed by atoms with Crippen LogP contribution in [-0.2, 0) is 6.42 Å². The molecular weight excluding hydrogens is 372 g/mol. The standard InChI is InChI=1S/C26H36N2O2/c1-19-6-4-8-21(25(19)29-23-10-14-27-15-11-23)18-22-9-5-7-20(2)26(22)30-24-12-16-28(3)17-13-24/h4-9,23-24,27H,10-18H2,1-3H3. The Kier molecular flexibility index (Phi) is 6.96. The third kappa shape index (κ3) is 5.16. The van der Waals surface area contributed by atoms with Crippen LogP contribution >= 0.6 is 0 Å². The van der Waals surface area contributed by atoms with Crippen molar-refractivity contribution in [3.63, 3.8) is 0 Å². The number of benzene rings is 2. The highest BCUT2D eigenvalue weighted by Crippen LogP contribution is 2.33. The molecule has 4 nitrogen and oxygen atoms in total. The van der Waals surface area contributed by atoms with Crippen molar-refractivity contribution >= 4 is 0 Å². The average Bonchev–Trinajstić information content (AvgIpc) is 2.75. The lowest BCUT2D eigenvalue weighted by atomic mass is 9.98. The minimum absolute atomic E-state index is 0.304. The molecule has 0 aliphatic carbocycles. The lowest BCUT2D eigenvalue weighted by Crippen LogP contribution is -2.36. The maximum absolute atomic E-state index is 6.58. The predicted octanol–water partition coefficient (Wildman–Crippen LogP) is 4.50. The van der Waals surface area contributed by atoms with E-state index in [0.29, 0.717) is 12.2 Å². The zero-order chi connectivity index (χ0) is 20.9. The molecule has 2 saturated heterocycles. The number of hydrogen-bond donors (Lipinski definition) is 1. The van der Waals surface area contributed by atoms with Gasteiger partial charge in [0.15, 0.2) is 0 Å². The van der Waals surface area contributed by atoms with Gasteiger partial charge in [-0.2, -0.15) is 0 Å². The minimum Gasteiger partial charge on any atom is -0.490 e. The molecule has 2 aliphatic heterocycles. The van der Waals surface area contributed by atoms with Crippen molar-refractivity contribution in [2.45, 2.75) is 58.2 Å². The molecule has 2 aliphatic rings. The van der Waals surface area contributed by atoms with Gasteiger partial charge in [0.1, 0.15) is 23.7 Å². The summed E-state index contributed by atoms with van der Waals surface area (Å²) in [5.74, 6) is 2.14. The quantitative estimate of drug-likeness (QED) is 0.763. The highest BCUT2D eigenvalue weighted by molar-refractivity contribution is 5.48. The largest absolute Gasteiger partial charge is 0.490 e. The molecule has 2 aromatic carbocycles. The number of hydrogen-bond acceptors (Lipinski definition) is 4. The highest BCUT2D eigenvalue weighted by Gasteiger charge is 2.22. The predicted molar refractivity (Wildman–Crippen MR) is 123 cm³/mol. The Labute approximate surface area is 181 Å². The molecule has 0 aromatic heterocycles. The molecule has 0 saturated carbocycles. The molecule has 2 aromatic rings. The lowest BCUT2D eigenvalue weighted by Gasteiger charge is -2.30. The Morgan fingerprint density at radius 3 is 1.83 bits per heavy atom. The summed E-state index contributed by atoms with van der Waals surface area (Å²) in [5, 5.41) is 3.43. The minimum atomic E-state index is 0.304. The van der Waals surface area contributed by atoms with Gasteiger partial charge in [0.2, 0.25) is 0 Å².